The van der Waals surface area contributed by atoms with Gasteiger partial charge in [-0.05, 0) is 210 Å². The van der Waals surface area contributed by atoms with E-state index in [-0.39, 0.29) is 7.43 Å². The molecule has 0 unspecified atom stereocenters. The van der Waals surface area contributed by atoms with Crippen LogP contribution in [0.3, 0.4) is 0 Å². The number of rotatable bonds is 5. The molecule has 0 aliphatic heterocycles. The fourth-order valence-electron chi connectivity index (χ4n) is 5.43. The van der Waals surface area contributed by atoms with Crippen molar-refractivity contribution in [1.82, 2.24) is 0 Å². The molecule has 0 aliphatic rings. The number of ether oxygens (including phenoxy) is 1. The molecule has 0 saturated carbocycles. The van der Waals surface area contributed by atoms with Gasteiger partial charge < -0.3 is 4.74 Å². The lowest BCUT2D eigenvalue weighted by molar-refractivity contribution is 0.481. The van der Waals surface area contributed by atoms with E-state index in [0.29, 0.717) is 9.79 Å². The molecular weight excluding hydrogens is 669 g/mol. The minimum absolute atomic E-state index is 0. The van der Waals surface area contributed by atoms with Crippen molar-refractivity contribution in [1.29, 1.82) is 0 Å². The quantitative estimate of drug-likeness (QED) is 0.178. The van der Waals surface area contributed by atoms with Gasteiger partial charge in [-0.2, -0.15) is 0 Å². The molecule has 0 atom stereocenters. The summed E-state index contributed by atoms with van der Waals surface area (Å²) in [5.41, 5.74) is 17.3. The van der Waals surface area contributed by atoms with Crippen molar-refractivity contribution < 1.29 is 13.2 Å². The van der Waals surface area contributed by atoms with Crippen LogP contribution in [0.5, 0.6) is 11.5 Å². The Balaban J connectivity index is 0.000000213. The highest BCUT2D eigenvalue weighted by Crippen LogP contribution is 2.27. The Morgan fingerprint density at radius 1 is 0.321 bits per heavy atom. The van der Waals surface area contributed by atoms with Gasteiger partial charge in [-0.3, -0.25) is 0 Å². The van der Waals surface area contributed by atoms with E-state index in [2.05, 4.69) is 116 Å². The first-order chi connectivity index (χ1) is 24.5. The Bertz CT molecular complexity index is 2160. The van der Waals surface area contributed by atoms with Gasteiger partial charge in [0.25, 0.3) is 0 Å². The Kier molecular flexibility index (Phi) is 14.6. The Morgan fingerprint density at radius 3 is 0.868 bits per heavy atom. The maximum Gasteiger partial charge on any atom is 0.206 e. The summed E-state index contributed by atoms with van der Waals surface area (Å²) in [5.74, 6) is 1.80. The van der Waals surface area contributed by atoms with Gasteiger partial charge in [0.2, 0.25) is 9.84 Å². The molecule has 4 heteroatoms. The molecule has 0 heterocycles. The average molecular weight is 727 g/mol. The van der Waals surface area contributed by atoms with E-state index in [1.807, 2.05) is 52.0 Å². The molecule has 53 heavy (non-hydrogen) atoms. The topological polar surface area (TPSA) is 43.4 Å². The first-order valence-corrected chi connectivity index (χ1v) is 19.3. The monoisotopic (exact) mass is 726 g/mol. The molecule has 6 aromatic carbocycles. The SMILES string of the molecule is C.Cc1ccc(-c2ccc(C)c(C)c2)cc1C.Cc1ccc(Oc2ccc(C)c(C)c2)cc1C.Cc1ccc(S(=O)(=O)c2ccc(C)c(C)c2)cc1C. The first-order valence-electron chi connectivity index (χ1n) is 17.8. The van der Waals surface area contributed by atoms with Crippen LogP contribution in [0.4, 0.5) is 0 Å². The molecule has 3 nitrogen and oxygen atoms in total. The summed E-state index contributed by atoms with van der Waals surface area (Å²) in [4.78, 5) is 0.720. The number of hydrogen-bond donors (Lipinski definition) is 0. The van der Waals surface area contributed by atoms with Gasteiger partial charge in [-0.15, -0.1) is 0 Å². The highest BCUT2D eigenvalue weighted by atomic mass is 32.2. The van der Waals surface area contributed by atoms with E-state index in [0.717, 1.165) is 33.8 Å². The van der Waals surface area contributed by atoms with Crippen molar-refractivity contribution >= 4 is 9.84 Å². The van der Waals surface area contributed by atoms with E-state index in [1.165, 1.54) is 55.6 Å². The lowest BCUT2D eigenvalue weighted by Gasteiger charge is -2.09. The van der Waals surface area contributed by atoms with E-state index in [4.69, 9.17) is 4.74 Å². The summed E-state index contributed by atoms with van der Waals surface area (Å²) in [6, 6.07) is 36.2. The van der Waals surface area contributed by atoms with Gasteiger partial charge in [0, 0.05) is 0 Å². The van der Waals surface area contributed by atoms with Gasteiger partial charge >= 0.3 is 0 Å². The maximum absolute atomic E-state index is 12.6. The summed E-state index contributed by atoms with van der Waals surface area (Å²) < 4.78 is 31.0. The van der Waals surface area contributed by atoms with Crippen LogP contribution in [-0.2, 0) is 9.84 Å². The third kappa shape index (κ3) is 11.0. The highest BCUT2D eigenvalue weighted by Gasteiger charge is 2.18. The molecular formula is C49H58O3S. The standard InChI is InChI=1S/C16H18O2S.C16H18O.C16H18.CH4/c1-11-5-7-15(9-13(11)3)19(17,18)16-8-6-12(2)14(4)10-16;1-11-5-7-15(9-13(11)3)17-16-8-6-12(2)14(4)10-16;1-11-5-7-15(9-13(11)3)16-8-6-12(2)14(4)10-16;/h5-10H,1-4H3;5-10H,1-4H3;5-10H,1-4H3;1H4. The van der Waals surface area contributed by atoms with Crippen molar-refractivity contribution in [3.05, 3.63) is 176 Å². The molecule has 0 spiro atoms. The first kappa shape index (κ1) is 42.5. The molecule has 0 aromatic heterocycles. The zero-order valence-corrected chi connectivity index (χ0v) is 33.8. The minimum Gasteiger partial charge on any atom is -0.457 e. The summed E-state index contributed by atoms with van der Waals surface area (Å²) in [6.45, 7) is 24.8. The molecule has 6 aromatic rings. The maximum atomic E-state index is 12.6. The molecule has 0 amide bonds. The van der Waals surface area contributed by atoms with Crippen LogP contribution in [0.2, 0.25) is 0 Å². The lowest BCUT2D eigenvalue weighted by Crippen LogP contribution is -2.03. The Labute approximate surface area is 320 Å². The third-order valence-electron chi connectivity index (χ3n) is 10.1. The second kappa shape index (κ2) is 18.2. The van der Waals surface area contributed by atoms with Gasteiger partial charge in [-0.1, -0.05) is 68.1 Å². The molecule has 0 N–H and O–H groups in total. The van der Waals surface area contributed by atoms with Crippen LogP contribution in [0.25, 0.3) is 11.1 Å². The normalized spacial score (nSPS) is 10.6. The highest BCUT2D eigenvalue weighted by molar-refractivity contribution is 7.91. The predicted molar refractivity (Wildman–Crippen MR) is 227 cm³/mol. The molecule has 0 aliphatic carbocycles. The molecule has 278 valence electrons. The second-order valence-corrected chi connectivity index (χ2v) is 16.1. The van der Waals surface area contributed by atoms with Crippen LogP contribution < -0.4 is 4.74 Å². The largest absolute Gasteiger partial charge is 0.457 e. The summed E-state index contributed by atoms with van der Waals surface area (Å²) in [5, 5.41) is 0. The molecule has 0 bridgehead atoms. The Hall–Kier alpha value is -4.93. The zero-order chi connectivity index (χ0) is 38.3. The van der Waals surface area contributed by atoms with Gasteiger partial charge in [0.15, 0.2) is 0 Å². The van der Waals surface area contributed by atoms with E-state index < -0.39 is 9.84 Å². The number of hydrogen-bond acceptors (Lipinski definition) is 3. The van der Waals surface area contributed by atoms with Crippen molar-refractivity contribution in [2.24, 2.45) is 0 Å². The molecule has 0 radical (unpaired) electrons. The summed E-state index contributed by atoms with van der Waals surface area (Å²) in [6.07, 6.45) is 0. The van der Waals surface area contributed by atoms with Crippen LogP contribution in [0.1, 0.15) is 74.2 Å². The smallest absolute Gasteiger partial charge is 0.206 e. The summed E-state index contributed by atoms with van der Waals surface area (Å²) >= 11 is 0. The summed E-state index contributed by atoms with van der Waals surface area (Å²) in [7, 11) is -3.42. The van der Waals surface area contributed by atoms with Gasteiger partial charge in [0.1, 0.15) is 11.5 Å². The van der Waals surface area contributed by atoms with Crippen molar-refractivity contribution in [3.8, 4) is 22.6 Å². The second-order valence-electron chi connectivity index (χ2n) is 14.2. The van der Waals surface area contributed by atoms with Crippen LogP contribution in [-0.4, -0.2) is 8.42 Å². The number of aryl methyl sites for hydroxylation is 12. The van der Waals surface area contributed by atoms with Crippen LogP contribution >= 0.6 is 0 Å². The van der Waals surface area contributed by atoms with Gasteiger partial charge in [-0.25, -0.2) is 8.42 Å². The van der Waals surface area contributed by atoms with E-state index >= 15 is 0 Å². The van der Waals surface area contributed by atoms with E-state index in [1.54, 1.807) is 24.3 Å². The lowest BCUT2D eigenvalue weighted by atomic mass is 9.98. The zero-order valence-electron chi connectivity index (χ0n) is 33.0. The molecule has 6 rings (SSSR count). The fraction of sp³-hybridized carbons (Fsp3) is 0.265. The number of sulfone groups is 1. The van der Waals surface area contributed by atoms with Crippen LogP contribution in [0, 0.1) is 83.1 Å². The van der Waals surface area contributed by atoms with Crippen molar-refractivity contribution in [2.45, 2.75) is 100 Å². The number of benzene rings is 6. The van der Waals surface area contributed by atoms with Crippen molar-refractivity contribution in [3.63, 3.8) is 0 Å². The molecule has 0 saturated heterocycles. The predicted octanol–water partition coefficient (Wildman–Crippen LogP) is 13.7. The third-order valence-corrected chi connectivity index (χ3v) is 11.9. The fourth-order valence-corrected chi connectivity index (χ4v) is 6.86. The van der Waals surface area contributed by atoms with Crippen molar-refractivity contribution in [2.75, 3.05) is 0 Å². The van der Waals surface area contributed by atoms with Gasteiger partial charge in [0.05, 0.1) is 9.79 Å². The Morgan fingerprint density at radius 2 is 0.585 bits per heavy atom. The van der Waals surface area contributed by atoms with E-state index in [9.17, 15) is 8.42 Å². The average Bonchev–Trinajstić information content (AvgIpc) is 3.10. The minimum atomic E-state index is -3.42. The molecule has 0 fully saturated rings. The van der Waals surface area contributed by atoms with Crippen LogP contribution in [0.15, 0.2) is 119 Å².